The molecule has 0 saturated heterocycles. The Morgan fingerprint density at radius 1 is 0.660 bits per heavy atom. The fourth-order valence-electron chi connectivity index (χ4n) is 6.34. The molecule has 0 atom stereocenters. The number of benzene rings is 2. The molecule has 0 aliphatic heterocycles. The molecule has 5 heterocycles. The molecule has 2 aromatic carbocycles. The molecule has 7 nitrogen and oxygen atoms in total. The first-order chi connectivity index (χ1) is 25.8. The van der Waals surface area contributed by atoms with Crippen molar-refractivity contribution >= 4 is 91.2 Å². The number of rotatable bonds is 13. The van der Waals surface area contributed by atoms with Crippen molar-refractivity contribution in [2.75, 3.05) is 0 Å². The Kier molecular flexibility index (Phi) is 10.5. The van der Waals surface area contributed by atoms with Crippen molar-refractivity contribution in [2.45, 2.75) is 39.2 Å². The van der Waals surface area contributed by atoms with Gasteiger partial charge in [-0.05, 0) is 84.8 Å². The lowest BCUT2D eigenvalue weighted by Gasteiger charge is -2.07. The van der Waals surface area contributed by atoms with Gasteiger partial charge in [0.2, 0.25) is 0 Å². The predicted octanol–water partition coefficient (Wildman–Crippen LogP) is 12.3. The molecule has 0 spiro atoms. The largest absolute Gasteiger partial charge is 0.477 e. The summed E-state index contributed by atoms with van der Waals surface area (Å²) in [5, 5.41) is 39.9. The van der Waals surface area contributed by atoms with E-state index in [1.54, 1.807) is 46.9 Å². The third-order valence-corrected chi connectivity index (χ3v) is 13.6. The second-order valence-electron chi connectivity index (χ2n) is 12.3. The summed E-state index contributed by atoms with van der Waals surface area (Å²) in [5.74, 6) is -2.56. The Balaban J connectivity index is 1.27. The molecular formula is C42H31N3O4S4. The molecule has 0 amide bonds. The molecule has 7 aromatic rings. The van der Waals surface area contributed by atoms with Gasteiger partial charge in [-0.1, -0.05) is 50.5 Å². The first-order valence-electron chi connectivity index (χ1n) is 16.9. The summed E-state index contributed by atoms with van der Waals surface area (Å²) in [4.78, 5) is 30.4. The van der Waals surface area contributed by atoms with Gasteiger partial charge in [-0.15, -0.1) is 45.3 Å². The average molecular weight is 770 g/mol. The number of nitrogens with zero attached hydrogens (tertiary/aromatic N) is 3. The van der Waals surface area contributed by atoms with E-state index >= 15 is 0 Å². The van der Waals surface area contributed by atoms with E-state index in [0.29, 0.717) is 9.75 Å². The van der Waals surface area contributed by atoms with Crippen molar-refractivity contribution in [3.63, 3.8) is 0 Å². The number of thiophene rings is 4. The summed E-state index contributed by atoms with van der Waals surface area (Å²) in [6.07, 6.45) is 7.59. The zero-order chi connectivity index (χ0) is 37.1. The minimum Gasteiger partial charge on any atom is -0.477 e. The van der Waals surface area contributed by atoms with Crippen molar-refractivity contribution in [1.82, 2.24) is 4.57 Å². The van der Waals surface area contributed by atoms with Crippen LogP contribution in [0.2, 0.25) is 0 Å². The predicted molar refractivity (Wildman–Crippen MR) is 219 cm³/mol. The van der Waals surface area contributed by atoms with Crippen LogP contribution in [-0.2, 0) is 16.1 Å². The molecule has 0 fully saturated rings. The van der Waals surface area contributed by atoms with E-state index in [9.17, 15) is 30.3 Å². The van der Waals surface area contributed by atoms with Crippen LogP contribution in [0.1, 0.15) is 42.4 Å². The molecule has 0 bridgehead atoms. The quantitative estimate of drug-likeness (QED) is 0.0683. The highest BCUT2D eigenvalue weighted by Gasteiger charge is 2.20. The molecule has 0 radical (unpaired) electrons. The summed E-state index contributed by atoms with van der Waals surface area (Å²) in [7, 11) is 0. The second kappa shape index (κ2) is 15.6. The molecule has 2 N–H and O–H groups in total. The van der Waals surface area contributed by atoms with Crippen molar-refractivity contribution in [2.24, 2.45) is 0 Å². The molecule has 0 unspecified atom stereocenters. The monoisotopic (exact) mass is 769 g/mol. The highest BCUT2D eigenvalue weighted by Crippen LogP contribution is 2.49. The van der Waals surface area contributed by atoms with Crippen molar-refractivity contribution in [3.8, 4) is 52.5 Å². The maximum absolute atomic E-state index is 11.5. The lowest BCUT2D eigenvalue weighted by molar-refractivity contribution is -0.133. The van der Waals surface area contributed by atoms with Crippen LogP contribution in [0, 0.1) is 22.7 Å². The molecule has 5 aromatic heterocycles. The number of carboxylic acid groups (broad SMARTS) is 2. The van der Waals surface area contributed by atoms with Gasteiger partial charge >= 0.3 is 11.9 Å². The first kappa shape index (κ1) is 35.8. The number of aryl methyl sites for hydroxylation is 1. The van der Waals surface area contributed by atoms with E-state index in [2.05, 4.69) is 72.2 Å². The molecule has 53 heavy (non-hydrogen) atoms. The van der Waals surface area contributed by atoms with E-state index in [1.807, 2.05) is 12.1 Å². The zero-order valence-corrected chi connectivity index (χ0v) is 31.7. The summed E-state index contributed by atoms with van der Waals surface area (Å²) in [5.41, 5.74) is 3.94. The van der Waals surface area contributed by atoms with E-state index in [4.69, 9.17) is 0 Å². The second-order valence-corrected chi connectivity index (χ2v) is 16.7. The maximum atomic E-state index is 11.5. The van der Waals surface area contributed by atoms with E-state index < -0.39 is 11.9 Å². The fourth-order valence-corrected chi connectivity index (χ4v) is 10.7. The van der Waals surface area contributed by atoms with Gasteiger partial charge < -0.3 is 14.8 Å². The van der Waals surface area contributed by atoms with E-state index in [-0.39, 0.29) is 11.1 Å². The Hall–Kier alpha value is -5.56. The number of hydrogen-bond donors (Lipinski definition) is 2. The first-order valence-corrected chi connectivity index (χ1v) is 20.2. The van der Waals surface area contributed by atoms with Crippen molar-refractivity contribution in [3.05, 3.63) is 106 Å². The van der Waals surface area contributed by atoms with E-state index in [0.717, 1.165) is 53.4 Å². The van der Waals surface area contributed by atoms with Crippen LogP contribution in [0.15, 0.2) is 96.1 Å². The highest BCUT2D eigenvalue weighted by molar-refractivity contribution is 7.28. The summed E-state index contributed by atoms with van der Waals surface area (Å²) in [6.45, 7) is 3.23. The molecule has 11 heteroatoms. The summed E-state index contributed by atoms with van der Waals surface area (Å²) in [6, 6.07) is 32.8. The third-order valence-electron chi connectivity index (χ3n) is 8.89. The van der Waals surface area contributed by atoms with Gasteiger partial charge in [0.25, 0.3) is 0 Å². The number of carbonyl (C=O) groups is 2. The SMILES string of the molecule is CCCCCCn1c2ccccc2c2cc(-c3ccc(-c4cc(-c5ccc(/C=C(\C#N)C(=O)O)s5)c(-c5ccc(/C=C(\C#N)C(=O)O)s5)s4)s3)ccc21. The number of nitriles is 2. The zero-order valence-electron chi connectivity index (χ0n) is 28.5. The van der Waals surface area contributed by atoms with Gasteiger partial charge in [-0.25, -0.2) is 9.59 Å². The Labute approximate surface area is 321 Å². The van der Waals surface area contributed by atoms with Gasteiger partial charge in [-0.2, -0.15) is 10.5 Å². The number of aliphatic carboxylic acids is 2. The van der Waals surface area contributed by atoms with Crippen LogP contribution in [0.5, 0.6) is 0 Å². The van der Waals surface area contributed by atoms with Crippen molar-refractivity contribution < 1.29 is 19.8 Å². The lowest BCUT2D eigenvalue weighted by Crippen LogP contribution is -1.97. The molecule has 0 aliphatic rings. The lowest BCUT2D eigenvalue weighted by atomic mass is 10.1. The van der Waals surface area contributed by atoms with Crippen LogP contribution in [-0.4, -0.2) is 26.7 Å². The Morgan fingerprint density at radius 2 is 1.30 bits per heavy atom. The number of aromatic nitrogens is 1. The fraction of sp³-hybridized carbons (Fsp3) is 0.143. The van der Waals surface area contributed by atoms with Crippen LogP contribution in [0.4, 0.5) is 0 Å². The smallest absolute Gasteiger partial charge is 0.346 e. The molecular weight excluding hydrogens is 739 g/mol. The van der Waals surface area contributed by atoms with Crippen LogP contribution in [0.25, 0.3) is 74.3 Å². The highest BCUT2D eigenvalue weighted by atomic mass is 32.1. The minimum atomic E-state index is -1.28. The van der Waals surface area contributed by atoms with Crippen LogP contribution in [0.3, 0.4) is 0 Å². The number of para-hydroxylation sites is 1. The molecule has 0 aliphatic carbocycles. The maximum Gasteiger partial charge on any atom is 0.346 e. The van der Waals surface area contributed by atoms with Gasteiger partial charge in [0.1, 0.15) is 23.3 Å². The van der Waals surface area contributed by atoms with Crippen LogP contribution >= 0.6 is 45.3 Å². The Morgan fingerprint density at radius 3 is 2.00 bits per heavy atom. The number of unbranched alkanes of at least 4 members (excludes halogenated alkanes) is 3. The minimum absolute atomic E-state index is 0.340. The number of fused-ring (bicyclic) bond motifs is 3. The van der Waals surface area contributed by atoms with E-state index in [1.165, 1.54) is 75.9 Å². The summed E-state index contributed by atoms with van der Waals surface area (Å²) >= 11 is 6.13. The molecule has 7 rings (SSSR count). The van der Waals surface area contributed by atoms with Crippen molar-refractivity contribution in [1.29, 1.82) is 10.5 Å². The standard InChI is InChI=1S/C42H31N3O4S4/c1-2-3-4-7-18-45-33-9-6-5-8-30(33)31-21-25(10-13-34(31)45)35-16-17-37(52-35)39-22-32(36-14-11-28(50-36)19-26(23-43)41(46)47)40(53-39)38-15-12-29(51-38)20-27(24-44)42(48)49/h5-6,8-17,19-22H,2-4,7,18H2,1H3,(H,46,47)(H,48,49)/b26-19+,27-20+. The number of hydrogen-bond acceptors (Lipinski definition) is 8. The topological polar surface area (TPSA) is 127 Å². The van der Waals surface area contributed by atoms with Gasteiger partial charge in [0, 0.05) is 68.1 Å². The Bertz CT molecular complexity index is 2570. The number of carboxylic acids is 2. The van der Waals surface area contributed by atoms with Gasteiger partial charge in [0.05, 0.1) is 4.88 Å². The van der Waals surface area contributed by atoms with Gasteiger partial charge in [-0.3, -0.25) is 0 Å². The normalized spacial score (nSPS) is 12.0. The van der Waals surface area contributed by atoms with Gasteiger partial charge in [0.15, 0.2) is 0 Å². The average Bonchev–Trinajstić information content (AvgIpc) is 4.01. The summed E-state index contributed by atoms with van der Waals surface area (Å²) < 4.78 is 2.46. The third kappa shape index (κ3) is 7.39. The van der Waals surface area contributed by atoms with Crippen LogP contribution < -0.4 is 0 Å². The molecule has 0 saturated carbocycles. The molecule has 262 valence electrons.